The molecule has 0 saturated heterocycles. The topological polar surface area (TPSA) is 69.6 Å². The quantitative estimate of drug-likeness (QED) is 0.675. The summed E-state index contributed by atoms with van der Waals surface area (Å²) in [5, 5.41) is 10.8. The van der Waals surface area contributed by atoms with Crippen molar-refractivity contribution >= 4 is 12.0 Å². The first-order valence-electron chi connectivity index (χ1n) is 5.31. The minimum absolute atomic E-state index is 0.0884. The minimum Gasteiger partial charge on any atom is -0.481 e. The average molecular weight is 252 g/mol. The van der Waals surface area contributed by atoms with Crippen molar-refractivity contribution in [2.75, 3.05) is 20.1 Å². The Morgan fingerprint density at radius 1 is 1.41 bits per heavy atom. The third-order valence-corrected chi connectivity index (χ3v) is 2.08. The van der Waals surface area contributed by atoms with Crippen molar-refractivity contribution in [2.24, 2.45) is 0 Å². The molecular formula is C10H18F2N2O3. The molecule has 5 nitrogen and oxygen atoms in total. The highest BCUT2D eigenvalue weighted by Crippen LogP contribution is 2.17. The van der Waals surface area contributed by atoms with Crippen LogP contribution < -0.4 is 5.32 Å². The Labute approximate surface area is 98.8 Å². The van der Waals surface area contributed by atoms with E-state index >= 15 is 0 Å². The summed E-state index contributed by atoms with van der Waals surface area (Å²) in [5.74, 6) is -3.71. The Morgan fingerprint density at radius 3 is 2.47 bits per heavy atom. The fraction of sp³-hybridized carbons (Fsp3) is 0.800. The molecule has 0 heterocycles. The smallest absolute Gasteiger partial charge is 0.317 e. The van der Waals surface area contributed by atoms with Crippen LogP contribution in [0.5, 0.6) is 0 Å². The summed E-state index contributed by atoms with van der Waals surface area (Å²) in [4.78, 5) is 22.8. The molecule has 0 unspecified atom stereocenters. The first-order valence-corrected chi connectivity index (χ1v) is 5.31. The SMILES string of the molecule is CN(CCC(=O)O)C(=O)NCCCC(C)(F)F. The molecule has 0 rings (SSSR count). The molecule has 0 aliphatic heterocycles. The number of alkyl halides is 2. The van der Waals surface area contributed by atoms with Gasteiger partial charge in [0.05, 0.1) is 6.42 Å². The zero-order chi connectivity index (χ0) is 13.5. The summed E-state index contributed by atoms with van der Waals surface area (Å²) in [6.07, 6.45) is -0.245. The maximum atomic E-state index is 12.4. The van der Waals surface area contributed by atoms with Gasteiger partial charge >= 0.3 is 12.0 Å². The number of urea groups is 1. The summed E-state index contributed by atoms with van der Waals surface area (Å²) in [7, 11) is 1.45. The Balaban J connectivity index is 3.68. The lowest BCUT2D eigenvalue weighted by molar-refractivity contribution is -0.137. The third kappa shape index (κ3) is 9.52. The molecule has 0 atom stereocenters. The molecule has 0 aliphatic carbocycles. The van der Waals surface area contributed by atoms with Crippen LogP contribution in [0.1, 0.15) is 26.2 Å². The molecule has 0 bridgehead atoms. The van der Waals surface area contributed by atoms with E-state index in [0.717, 1.165) is 6.92 Å². The number of rotatable bonds is 7. The van der Waals surface area contributed by atoms with Crippen LogP contribution in [0.2, 0.25) is 0 Å². The third-order valence-electron chi connectivity index (χ3n) is 2.08. The van der Waals surface area contributed by atoms with Crippen LogP contribution >= 0.6 is 0 Å². The van der Waals surface area contributed by atoms with Crippen molar-refractivity contribution in [1.82, 2.24) is 10.2 Å². The van der Waals surface area contributed by atoms with Gasteiger partial charge in [-0.05, 0) is 13.3 Å². The number of carboxylic acids is 1. The molecule has 0 aromatic rings. The standard InChI is InChI=1S/C10H18F2N2O3/c1-10(11,12)5-3-6-13-9(17)14(2)7-4-8(15)16/h3-7H2,1-2H3,(H,13,17)(H,15,16). The van der Waals surface area contributed by atoms with E-state index in [2.05, 4.69) is 5.32 Å². The number of halogens is 2. The summed E-state index contributed by atoms with van der Waals surface area (Å²) in [6, 6.07) is -0.453. The Bertz CT molecular complexity index is 267. The van der Waals surface area contributed by atoms with E-state index < -0.39 is 17.9 Å². The van der Waals surface area contributed by atoms with Crippen LogP contribution in [0, 0.1) is 0 Å². The molecule has 0 radical (unpaired) electrons. The van der Waals surface area contributed by atoms with Crippen molar-refractivity contribution in [3.63, 3.8) is 0 Å². The highest BCUT2D eigenvalue weighted by atomic mass is 19.3. The molecular weight excluding hydrogens is 234 g/mol. The summed E-state index contributed by atoms with van der Waals surface area (Å²) < 4.78 is 24.9. The van der Waals surface area contributed by atoms with Gasteiger partial charge in [-0.2, -0.15) is 0 Å². The van der Waals surface area contributed by atoms with Gasteiger partial charge in [0, 0.05) is 26.6 Å². The lowest BCUT2D eigenvalue weighted by Gasteiger charge is -2.17. The number of carbonyl (C=O) groups is 2. The zero-order valence-corrected chi connectivity index (χ0v) is 10.0. The van der Waals surface area contributed by atoms with Gasteiger partial charge in [0.2, 0.25) is 5.92 Å². The second-order valence-corrected chi connectivity index (χ2v) is 3.97. The summed E-state index contributed by atoms with van der Waals surface area (Å²) >= 11 is 0. The number of amides is 2. The number of hydrogen-bond donors (Lipinski definition) is 2. The molecule has 0 aromatic carbocycles. The molecule has 7 heteroatoms. The predicted octanol–water partition coefficient (Wildman–Crippen LogP) is 1.54. The Hall–Kier alpha value is -1.40. The van der Waals surface area contributed by atoms with Gasteiger partial charge in [-0.25, -0.2) is 13.6 Å². The second kappa shape index (κ2) is 7.03. The second-order valence-electron chi connectivity index (χ2n) is 3.97. The van der Waals surface area contributed by atoms with E-state index in [-0.39, 0.29) is 32.4 Å². The van der Waals surface area contributed by atoms with Crippen molar-refractivity contribution in [2.45, 2.75) is 32.1 Å². The average Bonchev–Trinajstić information content (AvgIpc) is 2.19. The number of aliphatic carboxylic acids is 1. The van der Waals surface area contributed by atoms with Crippen LogP contribution in [0.25, 0.3) is 0 Å². The fourth-order valence-electron chi connectivity index (χ4n) is 1.09. The number of carboxylic acid groups (broad SMARTS) is 1. The van der Waals surface area contributed by atoms with Crippen LogP contribution in [-0.2, 0) is 4.79 Å². The van der Waals surface area contributed by atoms with Crippen LogP contribution in [0.15, 0.2) is 0 Å². The molecule has 0 aliphatic rings. The highest BCUT2D eigenvalue weighted by molar-refractivity contribution is 5.74. The van der Waals surface area contributed by atoms with Gasteiger partial charge in [0.1, 0.15) is 0 Å². The van der Waals surface area contributed by atoms with Crippen LogP contribution in [0.4, 0.5) is 13.6 Å². The molecule has 2 N–H and O–H groups in total. The van der Waals surface area contributed by atoms with Gasteiger partial charge in [-0.3, -0.25) is 4.79 Å². The number of carbonyl (C=O) groups excluding carboxylic acids is 1. The Morgan fingerprint density at radius 2 is 2.00 bits per heavy atom. The van der Waals surface area contributed by atoms with Gasteiger partial charge in [-0.1, -0.05) is 0 Å². The van der Waals surface area contributed by atoms with E-state index in [9.17, 15) is 18.4 Å². The van der Waals surface area contributed by atoms with Crippen molar-refractivity contribution < 1.29 is 23.5 Å². The van der Waals surface area contributed by atoms with Crippen LogP contribution in [0.3, 0.4) is 0 Å². The van der Waals surface area contributed by atoms with Crippen molar-refractivity contribution in [3.05, 3.63) is 0 Å². The van der Waals surface area contributed by atoms with E-state index in [1.54, 1.807) is 0 Å². The first-order chi connectivity index (χ1) is 7.72. The molecule has 2 amide bonds. The number of hydrogen-bond acceptors (Lipinski definition) is 2. The van der Waals surface area contributed by atoms with E-state index in [4.69, 9.17) is 5.11 Å². The molecule has 0 fully saturated rings. The molecule has 17 heavy (non-hydrogen) atoms. The normalized spacial score (nSPS) is 11.1. The lowest BCUT2D eigenvalue weighted by Crippen LogP contribution is -2.39. The lowest BCUT2D eigenvalue weighted by atomic mass is 10.2. The van der Waals surface area contributed by atoms with Gasteiger partial charge in [0.15, 0.2) is 0 Å². The number of nitrogens with one attached hydrogen (secondary N) is 1. The van der Waals surface area contributed by atoms with Gasteiger partial charge in [0.25, 0.3) is 0 Å². The minimum atomic E-state index is -2.72. The monoisotopic (exact) mass is 252 g/mol. The zero-order valence-electron chi connectivity index (χ0n) is 10.0. The first kappa shape index (κ1) is 15.6. The number of nitrogens with zero attached hydrogens (tertiary/aromatic N) is 1. The molecule has 0 aromatic heterocycles. The van der Waals surface area contributed by atoms with E-state index in [0.29, 0.717) is 0 Å². The maximum absolute atomic E-state index is 12.4. The predicted molar refractivity (Wildman–Crippen MR) is 58.1 cm³/mol. The van der Waals surface area contributed by atoms with Gasteiger partial charge < -0.3 is 15.3 Å². The summed E-state index contributed by atoms with van der Waals surface area (Å²) in [6.45, 7) is 1.07. The van der Waals surface area contributed by atoms with Crippen molar-refractivity contribution in [1.29, 1.82) is 0 Å². The molecule has 100 valence electrons. The molecule has 0 spiro atoms. The fourth-order valence-corrected chi connectivity index (χ4v) is 1.09. The molecule has 0 saturated carbocycles. The van der Waals surface area contributed by atoms with Gasteiger partial charge in [-0.15, -0.1) is 0 Å². The Kier molecular flexibility index (Phi) is 6.45. The highest BCUT2D eigenvalue weighted by Gasteiger charge is 2.20. The largest absolute Gasteiger partial charge is 0.481 e. The van der Waals surface area contributed by atoms with E-state index in [1.807, 2.05) is 0 Å². The van der Waals surface area contributed by atoms with Crippen LogP contribution in [-0.4, -0.2) is 48.1 Å². The maximum Gasteiger partial charge on any atom is 0.317 e. The summed E-state index contributed by atoms with van der Waals surface area (Å²) in [5.41, 5.74) is 0. The van der Waals surface area contributed by atoms with Crippen molar-refractivity contribution in [3.8, 4) is 0 Å². The van der Waals surface area contributed by atoms with E-state index in [1.165, 1.54) is 11.9 Å².